The van der Waals surface area contributed by atoms with Gasteiger partial charge in [-0.05, 0) is 28.6 Å². The fraction of sp³-hybridized carbons (Fsp3) is 0.571. The number of hydrogen-bond acceptors (Lipinski definition) is 1. The third kappa shape index (κ3) is 3.79. The Labute approximate surface area is 121 Å². The van der Waals surface area contributed by atoms with Crippen molar-refractivity contribution in [3.05, 3.63) is 35.4 Å². The number of alkyl halides is 1. The van der Waals surface area contributed by atoms with E-state index in [0.717, 1.165) is 12.1 Å². The molecule has 0 aliphatic carbocycles. The molecule has 0 aromatic heterocycles. The second-order valence-corrected chi connectivity index (χ2v) is 11.2. The summed E-state index contributed by atoms with van der Waals surface area (Å²) in [5.74, 6) is 0. The highest BCUT2D eigenvalue weighted by molar-refractivity contribution is 14.1. The van der Waals surface area contributed by atoms with Crippen molar-refractivity contribution in [1.29, 1.82) is 0 Å². The van der Waals surface area contributed by atoms with Crippen molar-refractivity contribution < 1.29 is 0 Å². The predicted octanol–water partition coefficient (Wildman–Crippen LogP) is 4.14. The van der Waals surface area contributed by atoms with Crippen LogP contribution in [0, 0.1) is 0 Å². The summed E-state index contributed by atoms with van der Waals surface area (Å²) in [4.78, 5) is 4.43. The zero-order valence-electron chi connectivity index (χ0n) is 11.6. The smallest absolute Gasteiger partial charge is 0.0538 e. The minimum absolute atomic E-state index is 0.799. The van der Waals surface area contributed by atoms with Gasteiger partial charge in [-0.1, -0.05) is 66.5 Å². The predicted molar refractivity (Wildman–Crippen MR) is 88.8 cm³/mol. The van der Waals surface area contributed by atoms with Crippen molar-refractivity contribution in [2.24, 2.45) is 0 Å². The van der Waals surface area contributed by atoms with E-state index in [2.05, 4.69) is 78.4 Å². The summed E-state index contributed by atoms with van der Waals surface area (Å²) in [6.45, 7) is 9.80. The molecule has 0 fully saturated rings. The van der Waals surface area contributed by atoms with Crippen molar-refractivity contribution in [2.75, 3.05) is 18.5 Å². The minimum atomic E-state index is -1.09. The topological polar surface area (TPSA) is 3.24 Å². The number of hydrogen-bond donors (Lipinski definition) is 0. The van der Waals surface area contributed by atoms with Gasteiger partial charge in [0.05, 0.1) is 8.07 Å². The van der Waals surface area contributed by atoms with Crippen LogP contribution >= 0.6 is 22.6 Å². The average Bonchev–Trinajstić information content (AvgIpc) is 2.29. The summed E-state index contributed by atoms with van der Waals surface area (Å²) >= 11 is 2.15. The van der Waals surface area contributed by atoms with Crippen molar-refractivity contribution in [3.8, 4) is 0 Å². The zero-order valence-corrected chi connectivity index (χ0v) is 14.8. The maximum Gasteiger partial charge on any atom is 0.0538 e. The summed E-state index contributed by atoms with van der Waals surface area (Å²) in [5.41, 5.74) is 3.96. The molecule has 0 radical (unpaired) electrons. The van der Waals surface area contributed by atoms with Crippen LogP contribution in [0.25, 0.3) is 0 Å². The van der Waals surface area contributed by atoms with E-state index in [9.17, 15) is 0 Å². The average molecular weight is 361 g/mol. The molecule has 0 saturated heterocycles. The first-order chi connectivity index (χ1) is 7.98. The molecule has 1 nitrogen and oxygen atoms in total. The van der Waals surface area contributed by atoms with Gasteiger partial charge in [0.15, 0.2) is 0 Å². The van der Waals surface area contributed by atoms with Gasteiger partial charge >= 0.3 is 0 Å². The van der Waals surface area contributed by atoms with E-state index in [1.165, 1.54) is 6.54 Å². The van der Waals surface area contributed by atoms with E-state index in [1.807, 2.05) is 4.93 Å². The van der Waals surface area contributed by atoms with Crippen LogP contribution in [-0.4, -0.2) is 31.5 Å². The van der Waals surface area contributed by atoms with Gasteiger partial charge in [0, 0.05) is 13.1 Å². The van der Waals surface area contributed by atoms with Crippen LogP contribution in [0.2, 0.25) is 19.6 Å². The molecule has 0 saturated carbocycles. The number of halogens is 1. The third-order valence-corrected chi connectivity index (χ3v) is 5.99. The minimum Gasteiger partial charge on any atom is -0.302 e. The number of fused-ring (bicyclic) bond motifs is 1. The van der Waals surface area contributed by atoms with Gasteiger partial charge in [-0.25, -0.2) is 0 Å². The van der Waals surface area contributed by atoms with E-state index in [-0.39, 0.29) is 0 Å². The van der Waals surface area contributed by atoms with Crippen LogP contribution in [0.3, 0.4) is 0 Å². The van der Waals surface area contributed by atoms with Gasteiger partial charge in [0.2, 0.25) is 0 Å². The summed E-state index contributed by atoms with van der Waals surface area (Å²) in [7, 11) is 1.15. The standard InChI is InChI=1S/C13H21NSi.CH3I/c1-14-9-11-7-5-6-8-12(11)13(10-14)15(2,3)4;1-2/h5-8,13H,9-10H2,1-4H3;1H3. The van der Waals surface area contributed by atoms with Crippen molar-refractivity contribution in [1.82, 2.24) is 4.90 Å². The van der Waals surface area contributed by atoms with Crippen LogP contribution in [0.15, 0.2) is 24.3 Å². The van der Waals surface area contributed by atoms with Gasteiger partial charge in [0.1, 0.15) is 0 Å². The van der Waals surface area contributed by atoms with Crippen molar-refractivity contribution >= 4 is 30.7 Å². The van der Waals surface area contributed by atoms with Crippen LogP contribution in [-0.2, 0) is 6.54 Å². The normalized spacial score (nSPS) is 20.2. The number of nitrogens with zero attached hydrogens (tertiary/aromatic N) is 1. The second-order valence-electron chi connectivity index (χ2n) is 5.81. The largest absolute Gasteiger partial charge is 0.302 e. The summed E-state index contributed by atoms with van der Waals surface area (Å²) in [6.07, 6.45) is 0. The monoisotopic (exact) mass is 361 g/mol. The number of benzene rings is 1. The number of likely N-dealkylation sites (N-methyl/N-ethyl adjacent to an activating group) is 1. The molecule has 2 rings (SSSR count). The molecule has 0 N–H and O–H groups in total. The van der Waals surface area contributed by atoms with E-state index >= 15 is 0 Å². The summed E-state index contributed by atoms with van der Waals surface area (Å²) in [6, 6.07) is 8.99. The van der Waals surface area contributed by atoms with E-state index in [4.69, 9.17) is 0 Å². The lowest BCUT2D eigenvalue weighted by Crippen LogP contribution is -2.42. The Kier molecular flexibility index (Phi) is 5.66. The van der Waals surface area contributed by atoms with Gasteiger partial charge in [0.25, 0.3) is 0 Å². The quantitative estimate of drug-likeness (QED) is 0.413. The molecule has 17 heavy (non-hydrogen) atoms. The molecule has 3 heteroatoms. The molecule has 1 unspecified atom stereocenters. The molecular formula is C14H24INSi. The lowest BCUT2D eigenvalue weighted by atomic mass is 10.00. The molecular weight excluding hydrogens is 337 g/mol. The third-order valence-electron chi connectivity index (χ3n) is 3.41. The van der Waals surface area contributed by atoms with Crippen molar-refractivity contribution in [2.45, 2.75) is 31.7 Å². The molecule has 96 valence electrons. The van der Waals surface area contributed by atoms with E-state index in [1.54, 1.807) is 11.1 Å². The highest BCUT2D eigenvalue weighted by Crippen LogP contribution is 2.34. The summed E-state index contributed by atoms with van der Waals surface area (Å²) in [5, 5.41) is 0. The molecule has 1 heterocycles. The van der Waals surface area contributed by atoms with Gasteiger partial charge < -0.3 is 4.90 Å². The fourth-order valence-electron chi connectivity index (χ4n) is 2.52. The Morgan fingerprint density at radius 3 is 2.35 bits per heavy atom. The van der Waals surface area contributed by atoms with Crippen LogP contribution < -0.4 is 0 Å². The van der Waals surface area contributed by atoms with Crippen LogP contribution in [0.4, 0.5) is 0 Å². The van der Waals surface area contributed by atoms with Crippen LogP contribution in [0.1, 0.15) is 16.7 Å². The summed E-state index contributed by atoms with van der Waals surface area (Å²) < 4.78 is 0. The first kappa shape index (κ1) is 15.2. The molecule has 1 atom stereocenters. The fourth-order valence-corrected chi connectivity index (χ4v) is 4.60. The Morgan fingerprint density at radius 1 is 1.18 bits per heavy atom. The lowest BCUT2D eigenvalue weighted by molar-refractivity contribution is 0.304. The second kappa shape index (κ2) is 6.34. The zero-order chi connectivity index (χ0) is 13.1. The van der Waals surface area contributed by atoms with E-state index < -0.39 is 8.07 Å². The van der Waals surface area contributed by atoms with E-state index in [0.29, 0.717) is 0 Å². The molecule has 0 bridgehead atoms. The Hall–Kier alpha value is 0.127. The van der Waals surface area contributed by atoms with Gasteiger partial charge in [-0.15, -0.1) is 0 Å². The molecule has 1 aliphatic rings. The molecule has 0 amide bonds. The maximum absolute atomic E-state index is 2.48. The molecule has 1 aromatic rings. The van der Waals surface area contributed by atoms with Crippen LogP contribution in [0.5, 0.6) is 0 Å². The Bertz CT molecular complexity index is 359. The van der Waals surface area contributed by atoms with Gasteiger partial charge in [-0.2, -0.15) is 0 Å². The molecule has 1 aromatic carbocycles. The first-order valence-corrected chi connectivity index (χ1v) is 11.9. The lowest BCUT2D eigenvalue weighted by Gasteiger charge is -2.38. The van der Waals surface area contributed by atoms with Gasteiger partial charge in [-0.3, -0.25) is 0 Å². The highest BCUT2D eigenvalue weighted by atomic mass is 127. The molecule has 0 spiro atoms. The Balaban J connectivity index is 0.000000686. The highest BCUT2D eigenvalue weighted by Gasteiger charge is 2.33. The SMILES string of the molecule is CI.CN1Cc2ccccc2C([Si](C)(C)C)C1. The maximum atomic E-state index is 2.48. The molecule has 1 aliphatic heterocycles. The number of rotatable bonds is 1. The Morgan fingerprint density at radius 2 is 1.76 bits per heavy atom. The first-order valence-electron chi connectivity index (χ1n) is 6.12. The van der Waals surface area contributed by atoms with Crippen molar-refractivity contribution in [3.63, 3.8) is 0 Å².